The highest BCUT2D eigenvalue weighted by atomic mass is 32.3. The van der Waals surface area contributed by atoms with Crippen molar-refractivity contribution in [3.63, 3.8) is 0 Å². The van der Waals surface area contributed by atoms with Gasteiger partial charge in [-0.15, -0.1) is 0 Å². The van der Waals surface area contributed by atoms with Crippen molar-refractivity contribution < 1.29 is 197 Å². The average Bonchev–Trinajstić information content (AvgIpc) is 2.28. The first-order valence-electron chi connectivity index (χ1n) is 22.6. The summed E-state index contributed by atoms with van der Waals surface area (Å²) in [6.45, 7) is -2.41. The monoisotopic (exact) mass is 1350 g/mol. The van der Waals surface area contributed by atoms with Gasteiger partial charge in [0, 0.05) is 18.9 Å². The SMILES string of the molecule is CO[C@H]1OC(COS(=O)(=O)O)[C@@H](O[C@H](O)[C@@H](OS(=O)(=O)O)C(O)[C@@H](CC(=O)O)O[C@H]2OC(COS(=O)(=O)O)[C@@H](O[C@@H]3OC(C(=O)O)[C@@H](O[C@H]4OC(COS(=O)(=O)O)[C@@H](O)C(O)C4NS(=O)(=O)O)C(O)C3O)[C@H](OS(=O)(=O)O)C2C)[C@H](O)C1C. The van der Waals surface area contributed by atoms with Gasteiger partial charge in [0.25, 0.3) is 0 Å². The highest BCUT2D eigenvalue weighted by molar-refractivity contribution is 7.83. The van der Waals surface area contributed by atoms with Crippen molar-refractivity contribution in [2.24, 2.45) is 11.8 Å². The zero-order valence-corrected chi connectivity index (χ0v) is 46.7. The summed E-state index contributed by atoms with van der Waals surface area (Å²) in [5.74, 6) is -7.61. The van der Waals surface area contributed by atoms with Gasteiger partial charge < -0.3 is 88.6 Å². The number of rotatable bonds is 30. The van der Waals surface area contributed by atoms with Crippen molar-refractivity contribution in [3.8, 4) is 0 Å². The second-order valence-corrected chi connectivity index (χ2v) is 24.5. The summed E-state index contributed by atoms with van der Waals surface area (Å²) in [5, 5.41) is 97.8. The lowest BCUT2D eigenvalue weighted by Gasteiger charge is -2.49. The predicted octanol–water partition coefficient (Wildman–Crippen LogP) is -10.0. The number of aliphatic carboxylic acids is 2. The standard InChI is InChI=1S/C33H57NO43S6/c1-8-16(37)23(12(70-30(8)64-3)6-66-80(52,53)54)72-29(45)26(77-83(61,62)63)18(39)10(4-14(35)36)68-31-9(2)22(76-82(58,59)60)24(13(71-31)7-67-81(55,56)57)73-33-21(42)20(41)25(27(75-33)28(43)44)74-32-15(34-78(46,47)48)19(40)17(38)11(69-32)5-65-79(49,50)51/h8-13,15-27,29-34,37-42,45H,4-7H2,1-3H3,(H,35,36)(H,43,44)(H,46,47,48)(H,49,50,51)(H,52,53,54)(H,55,56,57)(H,58,59,60)(H,61,62,63)/t8?,9?,10-,11?,12?,13?,15?,16-,17-,18?,19?,20?,21?,22-,23-,24-,25+,26+,27?,29+,30+,31+,32-,33-/m1/s1. The maximum atomic E-state index is 12.7. The molecule has 4 fully saturated rings. The molecule has 4 aliphatic rings. The van der Waals surface area contributed by atoms with Crippen molar-refractivity contribution in [1.29, 1.82) is 0 Å². The summed E-state index contributed by atoms with van der Waals surface area (Å²) in [5.41, 5.74) is 0. The van der Waals surface area contributed by atoms with Crippen LogP contribution in [-0.2, 0) is 135 Å². The van der Waals surface area contributed by atoms with Crippen LogP contribution in [0, 0.1) is 11.8 Å². The van der Waals surface area contributed by atoms with E-state index in [1.807, 2.05) is 0 Å². The van der Waals surface area contributed by atoms with Crippen molar-refractivity contribution in [2.75, 3.05) is 26.9 Å². The molecule has 0 spiro atoms. The van der Waals surface area contributed by atoms with Crippen LogP contribution in [0.4, 0.5) is 0 Å². The van der Waals surface area contributed by atoms with Crippen molar-refractivity contribution in [3.05, 3.63) is 0 Å². The van der Waals surface area contributed by atoms with Gasteiger partial charge in [0.15, 0.2) is 43.7 Å². The molecule has 0 aromatic carbocycles. The fraction of sp³-hybridized carbons (Fsp3) is 0.939. The van der Waals surface area contributed by atoms with Gasteiger partial charge in [-0.05, 0) is 0 Å². The molecule has 24 atom stereocenters. The Bertz CT molecular complexity index is 2880. The van der Waals surface area contributed by atoms with Gasteiger partial charge in [0.2, 0.25) is 0 Å². The second kappa shape index (κ2) is 28.8. The Labute approximate surface area is 468 Å². The van der Waals surface area contributed by atoms with Crippen LogP contribution in [0.3, 0.4) is 0 Å². The summed E-state index contributed by atoms with van der Waals surface area (Å²) >= 11 is 0. The van der Waals surface area contributed by atoms with Gasteiger partial charge in [-0.25, -0.2) is 25.7 Å². The maximum absolute atomic E-state index is 12.7. The Kier molecular flexibility index (Phi) is 25.3. The van der Waals surface area contributed by atoms with Crippen molar-refractivity contribution in [2.45, 2.75) is 155 Å². The van der Waals surface area contributed by atoms with Gasteiger partial charge in [-0.1, -0.05) is 13.8 Å². The molecule has 11 unspecified atom stereocenters. The number of methoxy groups -OCH3 is 1. The molecule has 44 nitrogen and oxygen atoms in total. The summed E-state index contributed by atoms with van der Waals surface area (Å²) < 4.78 is 270. The third-order valence-electron chi connectivity index (χ3n) is 12.1. The lowest BCUT2D eigenvalue weighted by molar-refractivity contribution is -0.366. The van der Waals surface area contributed by atoms with Crippen LogP contribution in [0.25, 0.3) is 0 Å². The normalized spacial score (nSPS) is 36.8. The number of hydrogen-bond donors (Lipinski definition) is 16. The fourth-order valence-electron chi connectivity index (χ4n) is 8.41. The minimum atomic E-state index is -5.97. The number of carboxylic acids is 2. The first-order chi connectivity index (χ1) is 37.7. The Hall–Kier alpha value is -2.48. The summed E-state index contributed by atoms with van der Waals surface area (Å²) in [4.78, 5) is 25.0. The minimum Gasteiger partial charge on any atom is -0.481 e. The van der Waals surface area contributed by atoms with Crippen molar-refractivity contribution >= 4 is 74.2 Å². The molecule has 0 aromatic heterocycles. The Morgan fingerprint density at radius 1 is 0.530 bits per heavy atom. The van der Waals surface area contributed by atoms with E-state index in [0.29, 0.717) is 0 Å². The molecule has 488 valence electrons. The molecule has 4 rings (SSSR count). The van der Waals surface area contributed by atoms with Gasteiger partial charge in [0.05, 0.1) is 38.4 Å². The minimum absolute atomic E-state index is 0.774. The molecule has 0 bridgehead atoms. The number of ether oxygens (including phenoxy) is 9. The summed E-state index contributed by atoms with van der Waals surface area (Å²) in [6, 6.07) is -2.47. The first-order valence-corrected chi connectivity index (χ1v) is 30.9. The average molecular weight is 1350 g/mol. The van der Waals surface area contributed by atoms with Crippen LogP contribution in [0.1, 0.15) is 20.3 Å². The van der Waals surface area contributed by atoms with Crippen LogP contribution in [0.5, 0.6) is 0 Å². The van der Waals surface area contributed by atoms with Gasteiger partial charge in [-0.2, -0.15) is 55.2 Å². The molecule has 50 heteroatoms. The molecule has 16 N–H and O–H groups in total. The zero-order chi connectivity index (χ0) is 63.4. The van der Waals surface area contributed by atoms with E-state index in [0.717, 1.165) is 14.0 Å². The first kappa shape index (κ1) is 73.0. The number of carbonyl (C=O) groups is 2. The summed E-state index contributed by atoms with van der Waals surface area (Å²) in [6.07, 6.45) is -55.0. The van der Waals surface area contributed by atoms with Crippen LogP contribution >= 0.6 is 0 Å². The third-order valence-corrected chi connectivity index (χ3v) is 14.9. The Morgan fingerprint density at radius 3 is 1.49 bits per heavy atom. The van der Waals surface area contributed by atoms with E-state index in [1.54, 1.807) is 0 Å². The Balaban J connectivity index is 1.74. The molecule has 4 aliphatic heterocycles. The topological polar surface area (TPSA) is 684 Å². The molecular formula is C33H57NO43S6. The number of carboxylic acid groups (broad SMARTS) is 2. The van der Waals surface area contributed by atoms with Gasteiger partial charge >= 0.3 is 74.2 Å². The van der Waals surface area contributed by atoms with E-state index < -0.39 is 247 Å². The maximum Gasteiger partial charge on any atom is 0.397 e. The second-order valence-electron chi connectivity index (χ2n) is 18.0. The van der Waals surface area contributed by atoms with E-state index >= 15 is 0 Å². The molecule has 0 radical (unpaired) electrons. The largest absolute Gasteiger partial charge is 0.481 e. The lowest BCUT2D eigenvalue weighted by Crippen LogP contribution is -2.68. The van der Waals surface area contributed by atoms with E-state index in [-0.39, 0.29) is 0 Å². The smallest absolute Gasteiger partial charge is 0.397 e. The molecule has 4 saturated heterocycles. The van der Waals surface area contributed by atoms with Crippen LogP contribution in [0.2, 0.25) is 0 Å². The molecule has 0 aromatic rings. The zero-order valence-electron chi connectivity index (χ0n) is 41.8. The number of nitrogens with one attached hydrogen (secondary N) is 1. The van der Waals surface area contributed by atoms with Crippen LogP contribution in [-0.4, -0.2) is 298 Å². The quantitative estimate of drug-likeness (QED) is 0.0235. The van der Waals surface area contributed by atoms with Gasteiger partial charge in [0.1, 0.15) is 79.3 Å². The highest BCUT2D eigenvalue weighted by Gasteiger charge is 2.58. The number of aliphatic hydroxyl groups excluding tert-OH is 7. The van der Waals surface area contributed by atoms with Crippen molar-refractivity contribution in [1.82, 2.24) is 4.72 Å². The highest BCUT2D eigenvalue weighted by Crippen LogP contribution is 2.38. The molecule has 0 aliphatic carbocycles. The van der Waals surface area contributed by atoms with E-state index in [4.69, 9.17) is 55.9 Å². The van der Waals surface area contributed by atoms with Gasteiger partial charge in [-0.3, -0.25) is 32.1 Å². The lowest BCUT2D eigenvalue weighted by atomic mass is 9.91. The van der Waals surface area contributed by atoms with Crippen LogP contribution in [0.15, 0.2) is 0 Å². The molecule has 0 amide bonds. The molecule has 83 heavy (non-hydrogen) atoms. The Morgan fingerprint density at radius 2 is 1.02 bits per heavy atom. The van der Waals surface area contributed by atoms with Crippen LogP contribution < -0.4 is 4.72 Å². The molecular weight excluding hydrogens is 1290 g/mol. The third kappa shape index (κ3) is 21.7. The predicted molar refractivity (Wildman–Crippen MR) is 245 cm³/mol. The van der Waals surface area contributed by atoms with E-state index in [2.05, 4.69) is 16.7 Å². The van der Waals surface area contributed by atoms with E-state index in [1.165, 1.54) is 11.6 Å². The summed E-state index contributed by atoms with van der Waals surface area (Å²) in [7, 11) is -32.7. The molecule has 0 saturated carbocycles. The number of aliphatic hydroxyl groups is 7. The van der Waals surface area contributed by atoms with E-state index in [9.17, 15) is 124 Å². The molecule has 4 heterocycles. The number of hydrogen-bond acceptors (Lipinski definition) is 35. The fourth-order valence-corrected chi connectivity index (χ4v) is 11.0.